The number of carbonyl (C=O) groups is 3. The van der Waals surface area contributed by atoms with E-state index in [2.05, 4.69) is 34.9 Å². The molecular weight excluding hydrogens is 846 g/mol. The zero-order chi connectivity index (χ0) is 44.3. The minimum absolute atomic E-state index is 0.0152. The molecule has 1 amide bonds. The summed E-state index contributed by atoms with van der Waals surface area (Å²) >= 11 is 1.76. The van der Waals surface area contributed by atoms with Crippen LogP contribution in [0.1, 0.15) is 89.0 Å². The summed E-state index contributed by atoms with van der Waals surface area (Å²) in [6, 6.07) is 12.1. The molecule has 4 bridgehead atoms. The minimum Gasteiger partial charge on any atom is -0.448 e. The first-order chi connectivity index (χ1) is 28.4. The van der Waals surface area contributed by atoms with Gasteiger partial charge in [-0.3, -0.25) is 28.5 Å². The first-order valence-electron chi connectivity index (χ1n) is 21.4. The summed E-state index contributed by atoms with van der Waals surface area (Å²) in [5.74, 6) is -0.367. The van der Waals surface area contributed by atoms with Gasteiger partial charge in [-0.1, -0.05) is 57.2 Å². The number of hydrogen-bond acceptors (Lipinski definition) is 11. The van der Waals surface area contributed by atoms with Gasteiger partial charge in [-0.15, -0.1) is 0 Å². The summed E-state index contributed by atoms with van der Waals surface area (Å²) < 4.78 is 81.2. The highest BCUT2D eigenvalue weighted by atomic mass is 32.2. The van der Waals surface area contributed by atoms with Gasteiger partial charge in [0.1, 0.15) is 24.0 Å². The van der Waals surface area contributed by atoms with Gasteiger partial charge in [-0.05, 0) is 97.1 Å². The van der Waals surface area contributed by atoms with Crippen molar-refractivity contribution in [2.24, 2.45) is 33.5 Å². The second-order valence-electron chi connectivity index (χ2n) is 19.4. The highest BCUT2D eigenvalue weighted by Gasteiger charge is 2.66. The van der Waals surface area contributed by atoms with Crippen LogP contribution < -0.4 is 0 Å². The normalized spacial score (nSPS) is 30.2. The number of ether oxygens (including phenoxy) is 1. The van der Waals surface area contributed by atoms with Gasteiger partial charge >= 0.3 is 6.09 Å². The second-order valence-corrected chi connectivity index (χ2v) is 23.4. The number of hydrogen-bond donors (Lipinski definition) is 2. The molecule has 2 saturated heterocycles. The van der Waals surface area contributed by atoms with Crippen molar-refractivity contribution in [3.63, 3.8) is 0 Å². The van der Waals surface area contributed by atoms with Gasteiger partial charge < -0.3 is 9.64 Å². The Morgan fingerprint density at radius 1 is 0.754 bits per heavy atom. The van der Waals surface area contributed by atoms with Crippen LogP contribution >= 0.6 is 11.8 Å². The molecule has 4 saturated carbocycles. The van der Waals surface area contributed by atoms with Crippen molar-refractivity contribution >= 4 is 49.7 Å². The third-order valence-electron chi connectivity index (χ3n) is 15.7. The predicted octanol–water partition coefficient (Wildman–Crippen LogP) is 6.49. The standard InChI is InChI=1S/C24H28FN3O2S.2C10H16O4S/c1-17-2-4-22-18(14-17)15-21(20-16-19(25)3-5-23(20)31-22)27-9-6-26(7-10-27)8-11-28-12-13-30-24(28)29;2*1-9(2)7-3-4-10(9,8(11)5-7)6-15(12,13)14/h2-5,14,16,21H,6-13,15H2,1H3;2*7H,3-6H2,1-2H3,(H,12,13,14)/t21-;2*7?,10-/m011/s1. The first kappa shape index (κ1) is 46.1. The van der Waals surface area contributed by atoms with E-state index in [1.54, 1.807) is 28.8 Å². The van der Waals surface area contributed by atoms with E-state index in [0.29, 0.717) is 38.8 Å². The molecule has 0 spiro atoms. The average molecular weight is 906 g/mol. The molecule has 2 unspecified atom stereocenters. The molecule has 9 rings (SSSR count). The van der Waals surface area contributed by atoms with Crippen LogP contribution in [-0.4, -0.2) is 122 Å². The fourth-order valence-corrected chi connectivity index (χ4v) is 15.3. The van der Waals surface area contributed by atoms with Crippen molar-refractivity contribution in [2.75, 3.05) is 63.9 Å². The number of rotatable bonds is 8. The molecule has 0 aromatic heterocycles. The fourth-order valence-electron chi connectivity index (χ4n) is 11.6. The fraction of sp³-hybridized carbons (Fsp3) is 0.659. The van der Waals surface area contributed by atoms with Crippen molar-refractivity contribution in [3.05, 3.63) is 58.9 Å². The Hall–Kier alpha value is -2.93. The summed E-state index contributed by atoms with van der Waals surface area (Å²) in [4.78, 5) is 44.5. The number of cyclic esters (lactones) is 1. The summed E-state index contributed by atoms with van der Waals surface area (Å²) in [6.07, 6.45) is 4.66. The highest BCUT2D eigenvalue weighted by Crippen LogP contribution is 2.65. The van der Waals surface area contributed by atoms with E-state index in [1.165, 1.54) is 16.0 Å². The Kier molecular flexibility index (Phi) is 12.8. The Labute approximate surface area is 364 Å². The molecule has 5 atom stereocenters. The number of fused-ring (bicyclic) bond motifs is 6. The van der Waals surface area contributed by atoms with Crippen molar-refractivity contribution < 1.29 is 49.5 Å². The number of carbonyl (C=O) groups excluding carboxylic acids is 3. The second kappa shape index (κ2) is 16.9. The number of halogens is 1. The molecule has 336 valence electrons. The molecule has 2 N–H and O–H groups in total. The van der Waals surface area contributed by atoms with E-state index >= 15 is 0 Å². The molecule has 0 radical (unpaired) electrons. The van der Waals surface area contributed by atoms with Crippen LogP contribution in [0.2, 0.25) is 0 Å². The van der Waals surface area contributed by atoms with Gasteiger partial charge in [-0.25, -0.2) is 9.18 Å². The topological polar surface area (TPSA) is 179 Å². The molecular formula is C44H60FN3O10S3. The van der Waals surface area contributed by atoms with Crippen LogP contribution in [0.15, 0.2) is 46.2 Å². The largest absolute Gasteiger partial charge is 0.448 e. The molecule has 4 aliphatic carbocycles. The van der Waals surface area contributed by atoms with E-state index in [0.717, 1.165) is 69.0 Å². The number of nitrogens with zero attached hydrogens (tertiary/aromatic N) is 3. The lowest BCUT2D eigenvalue weighted by Gasteiger charge is -2.40. The number of benzene rings is 2. The Morgan fingerprint density at radius 3 is 1.79 bits per heavy atom. The average Bonchev–Trinajstić information content (AvgIpc) is 3.82. The molecule has 7 aliphatic rings. The SMILES string of the molecule is CC1(C)C2CC[C@@]1(CS(=O)(=O)O)C(=O)C2.CC1(C)C2CC[C@@]1(CS(=O)(=O)O)C(=O)C2.Cc1ccc2c(c1)C[C@H](N1CCN(CCN3CCOC3=O)CC1)c1cc(F)ccc1S2. The number of amides is 1. The Balaban J connectivity index is 0.000000156. The van der Waals surface area contributed by atoms with Gasteiger partial charge in [0.05, 0.1) is 28.9 Å². The molecule has 2 aromatic rings. The van der Waals surface area contributed by atoms with E-state index in [9.17, 15) is 35.6 Å². The van der Waals surface area contributed by atoms with Crippen LogP contribution in [0.5, 0.6) is 0 Å². The van der Waals surface area contributed by atoms with Crippen molar-refractivity contribution in [2.45, 2.75) is 95.4 Å². The van der Waals surface area contributed by atoms with Gasteiger partial charge in [0.25, 0.3) is 20.2 Å². The maximum Gasteiger partial charge on any atom is 0.409 e. The Morgan fingerprint density at radius 2 is 1.31 bits per heavy atom. The number of aryl methyl sites for hydroxylation is 1. The van der Waals surface area contributed by atoms with Crippen LogP contribution in [0.4, 0.5) is 9.18 Å². The van der Waals surface area contributed by atoms with Gasteiger partial charge in [0, 0.05) is 67.9 Å². The van der Waals surface area contributed by atoms with Gasteiger partial charge in [0.15, 0.2) is 0 Å². The minimum atomic E-state index is -4.08. The van der Waals surface area contributed by atoms with Gasteiger partial charge in [0.2, 0.25) is 0 Å². The first-order valence-corrected chi connectivity index (χ1v) is 25.4. The lowest BCUT2D eigenvalue weighted by molar-refractivity contribution is -0.128. The van der Waals surface area contributed by atoms with E-state index in [1.807, 2.05) is 33.8 Å². The predicted molar refractivity (Wildman–Crippen MR) is 229 cm³/mol. The monoisotopic (exact) mass is 905 g/mol. The smallest absolute Gasteiger partial charge is 0.409 e. The van der Waals surface area contributed by atoms with Crippen molar-refractivity contribution in [3.8, 4) is 0 Å². The molecule has 3 aliphatic heterocycles. The number of ketones is 2. The summed E-state index contributed by atoms with van der Waals surface area (Å²) in [5.41, 5.74) is 1.48. The van der Waals surface area contributed by atoms with Crippen LogP contribution in [0.3, 0.4) is 0 Å². The summed E-state index contributed by atoms with van der Waals surface area (Å²) in [7, 11) is -8.15. The molecule has 2 aromatic carbocycles. The quantitative estimate of drug-likeness (QED) is 0.275. The number of Topliss-reactive ketones (excluding diaryl/α,β-unsaturated/α-hetero) is 2. The summed E-state index contributed by atoms with van der Waals surface area (Å²) in [6.45, 7) is 16.5. The maximum absolute atomic E-state index is 14.2. The molecule has 17 heteroatoms. The highest BCUT2D eigenvalue weighted by molar-refractivity contribution is 7.99. The third kappa shape index (κ3) is 9.08. The Bertz CT molecular complexity index is 2200. The van der Waals surface area contributed by atoms with Crippen molar-refractivity contribution in [1.82, 2.24) is 14.7 Å². The maximum atomic E-state index is 14.2. The van der Waals surface area contributed by atoms with Crippen LogP contribution in [0.25, 0.3) is 0 Å². The van der Waals surface area contributed by atoms with Crippen LogP contribution in [0, 0.1) is 46.2 Å². The molecule has 61 heavy (non-hydrogen) atoms. The van der Waals surface area contributed by atoms with Crippen molar-refractivity contribution in [1.29, 1.82) is 0 Å². The molecule has 13 nitrogen and oxygen atoms in total. The van der Waals surface area contributed by atoms with E-state index in [4.69, 9.17) is 13.8 Å². The summed E-state index contributed by atoms with van der Waals surface area (Å²) in [5, 5.41) is 0. The third-order valence-corrected chi connectivity index (χ3v) is 18.6. The lowest BCUT2D eigenvalue weighted by atomic mass is 9.70. The molecule has 3 heterocycles. The lowest BCUT2D eigenvalue weighted by Crippen LogP contribution is -2.49. The zero-order valence-corrected chi connectivity index (χ0v) is 38.3. The zero-order valence-electron chi connectivity index (χ0n) is 35.8. The van der Waals surface area contributed by atoms with E-state index < -0.39 is 42.6 Å². The van der Waals surface area contributed by atoms with Crippen LogP contribution in [-0.2, 0) is 41.0 Å². The van der Waals surface area contributed by atoms with E-state index in [-0.39, 0.29) is 52.2 Å². The molecule has 6 fully saturated rings. The van der Waals surface area contributed by atoms with Gasteiger partial charge in [-0.2, -0.15) is 16.8 Å². The number of piperazine rings is 1.